The van der Waals surface area contributed by atoms with E-state index in [1.807, 2.05) is 30.3 Å². The number of pyridine rings is 1. The maximum Gasteiger partial charge on any atom is 0.241 e. The van der Waals surface area contributed by atoms with Crippen LogP contribution in [0, 0.1) is 0 Å². The Balaban J connectivity index is 1.77. The Kier molecular flexibility index (Phi) is 7.42. The first-order valence-corrected chi connectivity index (χ1v) is 13.0. The third-order valence-electron chi connectivity index (χ3n) is 4.63. The van der Waals surface area contributed by atoms with Crippen molar-refractivity contribution < 1.29 is 21.6 Å². The van der Waals surface area contributed by atoms with E-state index >= 15 is 0 Å². The normalized spacial score (nSPS) is 12.9. The lowest BCUT2D eigenvalue weighted by Gasteiger charge is -2.19. The molecule has 0 bridgehead atoms. The first-order valence-electron chi connectivity index (χ1n) is 9.72. The van der Waals surface area contributed by atoms with E-state index in [0.29, 0.717) is 11.4 Å². The minimum Gasteiger partial charge on any atom is -0.493 e. The van der Waals surface area contributed by atoms with Crippen molar-refractivity contribution in [2.75, 3.05) is 18.1 Å². The lowest BCUT2D eigenvalue weighted by atomic mass is 10.0. The molecule has 0 spiro atoms. The number of rotatable bonds is 10. The highest BCUT2D eigenvalue weighted by atomic mass is 32.2. The topological polar surface area (TPSA) is 102 Å². The number of sulfonamides is 1. The monoisotopic (exact) mass is 460 g/mol. The van der Waals surface area contributed by atoms with Crippen LogP contribution < -0.4 is 9.46 Å². The van der Waals surface area contributed by atoms with Gasteiger partial charge >= 0.3 is 0 Å². The molecule has 0 saturated carbocycles. The standard InChI is InChI=1S/C22H24N2O5S2/c1-2-30(25,26)17-16-29-19-11-13-20(14-12-19)31(27,28)24-22(18-8-4-3-5-9-18)21-10-6-7-15-23-21/h3-15,22,24H,2,16-17H2,1H3. The third kappa shape index (κ3) is 6.36. The average molecular weight is 461 g/mol. The lowest BCUT2D eigenvalue weighted by molar-refractivity contribution is 0.340. The molecule has 2 aromatic carbocycles. The maximum absolute atomic E-state index is 13.0. The number of hydrogen-bond donors (Lipinski definition) is 1. The summed E-state index contributed by atoms with van der Waals surface area (Å²) >= 11 is 0. The summed E-state index contributed by atoms with van der Waals surface area (Å²) in [4.78, 5) is 4.38. The smallest absolute Gasteiger partial charge is 0.241 e. The molecular weight excluding hydrogens is 436 g/mol. The molecule has 1 N–H and O–H groups in total. The van der Waals surface area contributed by atoms with Gasteiger partial charge in [0.1, 0.15) is 12.4 Å². The number of sulfone groups is 1. The van der Waals surface area contributed by atoms with Gasteiger partial charge in [-0.3, -0.25) is 4.98 Å². The molecular formula is C22H24N2O5S2. The minimum atomic E-state index is -3.86. The Labute approximate surface area is 183 Å². The van der Waals surface area contributed by atoms with Gasteiger partial charge < -0.3 is 4.74 Å². The summed E-state index contributed by atoms with van der Waals surface area (Å²) in [5.41, 5.74) is 1.34. The van der Waals surface area contributed by atoms with Gasteiger partial charge in [0.05, 0.1) is 22.4 Å². The highest BCUT2D eigenvalue weighted by molar-refractivity contribution is 7.91. The van der Waals surface area contributed by atoms with Crippen LogP contribution in [0.4, 0.5) is 0 Å². The van der Waals surface area contributed by atoms with E-state index in [4.69, 9.17) is 4.74 Å². The van der Waals surface area contributed by atoms with Crippen LogP contribution in [0.2, 0.25) is 0 Å². The SMILES string of the molecule is CCS(=O)(=O)CCOc1ccc(S(=O)(=O)NC(c2ccccc2)c2ccccn2)cc1. The number of nitrogens with one attached hydrogen (secondary N) is 1. The van der Waals surface area contributed by atoms with E-state index in [1.165, 1.54) is 24.3 Å². The summed E-state index contributed by atoms with van der Waals surface area (Å²) < 4.78 is 57.3. The number of ether oxygens (including phenoxy) is 1. The molecule has 1 atom stereocenters. The second-order valence-electron chi connectivity index (χ2n) is 6.78. The van der Waals surface area contributed by atoms with Crippen molar-refractivity contribution in [1.82, 2.24) is 9.71 Å². The van der Waals surface area contributed by atoms with Crippen molar-refractivity contribution in [3.63, 3.8) is 0 Å². The van der Waals surface area contributed by atoms with Gasteiger partial charge in [-0.2, -0.15) is 4.72 Å². The van der Waals surface area contributed by atoms with Crippen molar-refractivity contribution in [3.8, 4) is 5.75 Å². The van der Waals surface area contributed by atoms with Gasteiger partial charge in [-0.25, -0.2) is 16.8 Å². The summed E-state index contributed by atoms with van der Waals surface area (Å²) in [6.07, 6.45) is 1.62. The predicted octanol–water partition coefficient (Wildman–Crippen LogP) is 2.96. The number of nitrogens with zero attached hydrogens (tertiary/aromatic N) is 1. The van der Waals surface area contributed by atoms with Gasteiger partial charge in [0.25, 0.3) is 0 Å². The molecule has 0 aliphatic heterocycles. The quantitative estimate of drug-likeness (QED) is 0.499. The second kappa shape index (κ2) is 10.0. The molecule has 0 radical (unpaired) electrons. The van der Waals surface area contributed by atoms with Gasteiger partial charge in [-0.05, 0) is 42.0 Å². The van der Waals surface area contributed by atoms with Crippen LogP contribution in [0.3, 0.4) is 0 Å². The Morgan fingerprint density at radius 2 is 1.58 bits per heavy atom. The van der Waals surface area contributed by atoms with Crippen molar-refractivity contribution in [2.45, 2.75) is 17.9 Å². The first-order chi connectivity index (χ1) is 14.8. The molecule has 0 fully saturated rings. The number of benzene rings is 2. The van der Waals surface area contributed by atoms with E-state index in [-0.39, 0.29) is 23.0 Å². The van der Waals surface area contributed by atoms with E-state index in [9.17, 15) is 16.8 Å². The van der Waals surface area contributed by atoms with Gasteiger partial charge in [0, 0.05) is 11.9 Å². The zero-order valence-corrected chi connectivity index (χ0v) is 18.6. The van der Waals surface area contributed by atoms with Crippen molar-refractivity contribution in [1.29, 1.82) is 0 Å². The number of aromatic nitrogens is 1. The van der Waals surface area contributed by atoms with E-state index < -0.39 is 25.9 Å². The van der Waals surface area contributed by atoms with Crippen LogP contribution >= 0.6 is 0 Å². The van der Waals surface area contributed by atoms with Gasteiger partial charge in [-0.1, -0.05) is 43.3 Å². The molecule has 1 aromatic heterocycles. The fourth-order valence-electron chi connectivity index (χ4n) is 2.86. The molecule has 0 aliphatic rings. The Hall–Kier alpha value is -2.75. The summed E-state index contributed by atoms with van der Waals surface area (Å²) in [6.45, 7) is 1.59. The Morgan fingerprint density at radius 1 is 0.903 bits per heavy atom. The fraction of sp³-hybridized carbons (Fsp3) is 0.227. The summed E-state index contributed by atoms with van der Waals surface area (Å²) in [7, 11) is -6.99. The van der Waals surface area contributed by atoms with Gasteiger partial charge in [-0.15, -0.1) is 0 Å². The van der Waals surface area contributed by atoms with Crippen molar-refractivity contribution in [3.05, 3.63) is 90.3 Å². The average Bonchev–Trinajstić information content (AvgIpc) is 2.79. The molecule has 7 nitrogen and oxygen atoms in total. The summed E-state index contributed by atoms with van der Waals surface area (Å²) in [6, 6.07) is 19.8. The van der Waals surface area contributed by atoms with Crippen LogP contribution in [-0.4, -0.2) is 39.9 Å². The fourth-order valence-corrected chi connectivity index (χ4v) is 4.68. The molecule has 1 unspecified atom stereocenters. The maximum atomic E-state index is 13.0. The second-order valence-corrected chi connectivity index (χ2v) is 11.0. The molecule has 1 heterocycles. The molecule has 0 aliphatic carbocycles. The zero-order chi connectivity index (χ0) is 22.3. The van der Waals surface area contributed by atoms with Crippen LogP contribution in [0.1, 0.15) is 24.2 Å². The van der Waals surface area contributed by atoms with Gasteiger partial charge in [0.2, 0.25) is 10.0 Å². The van der Waals surface area contributed by atoms with Crippen LogP contribution in [0.15, 0.2) is 83.9 Å². The van der Waals surface area contributed by atoms with Crippen LogP contribution in [0.25, 0.3) is 0 Å². The highest BCUT2D eigenvalue weighted by Crippen LogP contribution is 2.24. The van der Waals surface area contributed by atoms with Crippen LogP contribution in [0.5, 0.6) is 5.75 Å². The Bertz CT molecular complexity index is 1140. The molecule has 3 rings (SSSR count). The molecule has 164 valence electrons. The predicted molar refractivity (Wildman–Crippen MR) is 119 cm³/mol. The number of hydrogen-bond acceptors (Lipinski definition) is 6. The third-order valence-corrected chi connectivity index (χ3v) is 7.73. The van der Waals surface area contributed by atoms with Crippen LogP contribution in [-0.2, 0) is 19.9 Å². The summed E-state index contributed by atoms with van der Waals surface area (Å²) in [5, 5.41) is 0. The first kappa shape index (κ1) is 22.9. The highest BCUT2D eigenvalue weighted by Gasteiger charge is 2.23. The Morgan fingerprint density at radius 3 is 2.19 bits per heavy atom. The summed E-state index contributed by atoms with van der Waals surface area (Å²) in [5.74, 6) is 0.362. The molecule has 0 saturated heterocycles. The molecule has 31 heavy (non-hydrogen) atoms. The zero-order valence-electron chi connectivity index (χ0n) is 17.0. The van der Waals surface area contributed by atoms with Crippen molar-refractivity contribution >= 4 is 19.9 Å². The molecule has 3 aromatic rings. The lowest BCUT2D eigenvalue weighted by Crippen LogP contribution is -2.30. The molecule has 9 heteroatoms. The van der Waals surface area contributed by atoms with Crippen molar-refractivity contribution in [2.24, 2.45) is 0 Å². The van der Waals surface area contributed by atoms with E-state index in [1.54, 1.807) is 31.3 Å². The minimum absolute atomic E-state index is 0.0102. The van der Waals surface area contributed by atoms with Gasteiger partial charge in [0.15, 0.2) is 9.84 Å². The molecule has 0 amide bonds. The van der Waals surface area contributed by atoms with E-state index in [0.717, 1.165) is 5.56 Å². The van der Waals surface area contributed by atoms with E-state index in [2.05, 4.69) is 9.71 Å². The largest absolute Gasteiger partial charge is 0.493 e.